The molecule has 1 fully saturated rings. The molecule has 152 valence electrons. The summed E-state index contributed by atoms with van der Waals surface area (Å²) in [5.74, 6) is 0.348. The molecule has 0 amide bonds. The molecule has 0 saturated carbocycles. The molecule has 9 heteroatoms. The molecule has 30 heavy (non-hydrogen) atoms. The molecule has 4 heterocycles. The second-order valence-corrected chi connectivity index (χ2v) is 7.30. The van der Waals surface area contributed by atoms with Crippen LogP contribution in [0.1, 0.15) is 0 Å². The lowest BCUT2D eigenvalue weighted by atomic mass is 10.0. The fourth-order valence-corrected chi connectivity index (χ4v) is 3.70. The quantitative estimate of drug-likeness (QED) is 0.541. The van der Waals surface area contributed by atoms with Crippen molar-refractivity contribution in [3.8, 4) is 28.3 Å². The van der Waals surface area contributed by atoms with Gasteiger partial charge in [0, 0.05) is 56.6 Å². The molecule has 1 aromatic carbocycles. The lowest BCUT2D eigenvalue weighted by Crippen LogP contribution is -2.43. The van der Waals surface area contributed by atoms with E-state index in [2.05, 4.69) is 30.5 Å². The minimum atomic E-state index is -0.416. The number of fused-ring (bicyclic) bond motifs is 1. The summed E-state index contributed by atoms with van der Waals surface area (Å²) in [5.41, 5.74) is 2.34. The number of nitrogens with zero attached hydrogens (tertiary/aromatic N) is 6. The van der Waals surface area contributed by atoms with Crippen LogP contribution < -0.4 is 10.2 Å². The lowest BCUT2D eigenvalue weighted by Gasteiger charge is -2.27. The molecule has 0 bridgehead atoms. The monoisotopic (exact) mass is 405 g/mol. The van der Waals surface area contributed by atoms with E-state index in [-0.39, 0.29) is 5.75 Å². The smallest absolute Gasteiger partial charge is 0.151 e. The summed E-state index contributed by atoms with van der Waals surface area (Å²) in [6.07, 6.45) is 3.34. The summed E-state index contributed by atoms with van der Waals surface area (Å²) in [6.45, 7) is 3.59. The number of benzene rings is 1. The Bertz CT molecular complexity index is 1220. The third kappa shape index (κ3) is 3.33. The topological polar surface area (TPSA) is 92.0 Å². The van der Waals surface area contributed by atoms with Gasteiger partial charge >= 0.3 is 0 Å². The standard InChI is InChI=1S/C21H20FN7O/c1-28-12-15-8-13(9-16(22)20(15)27-28)14-10-18(30)21(24-11-14)17-2-3-19(26-25-17)29-6-4-23-5-7-29/h2-3,8-12,23,30H,4-7H2,1H3. The number of hydrogen-bond acceptors (Lipinski definition) is 7. The van der Waals surface area contributed by atoms with E-state index >= 15 is 0 Å². The molecular weight excluding hydrogens is 385 g/mol. The third-order valence-electron chi connectivity index (χ3n) is 5.21. The molecule has 1 aliphatic rings. The van der Waals surface area contributed by atoms with Gasteiger partial charge in [0.15, 0.2) is 11.6 Å². The highest BCUT2D eigenvalue weighted by Crippen LogP contribution is 2.32. The second-order valence-electron chi connectivity index (χ2n) is 7.30. The largest absolute Gasteiger partial charge is 0.506 e. The Balaban J connectivity index is 1.45. The first kappa shape index (κ1) is 18.4. The van der Waals surface area contributed by atoms with E-state index in [0.717, 1.165) is 32.0 Å². The maximum Gasteiger partial charge on any atom is 0.151 e. The molecule has 0 spiro atoms. The van der Waals surface area contributed by atoms with Gasteiger partial charge in [-0.25, -0.2) is 9.37 Å². The first-order chi connectivity index (χ1) is 14.6. The van der Waals surface area contributed by atoms with Crippen molar-refractivity contribution in [3.63, 3.8) is 0 Å². The van der Waals surface area contributed by atoms with Crippen LogP contribution >= 0.6 is 0 Å². The van der Waals surface area contributed by atoms with Crippen LogP contribution in [0.2, 0.25) is 0 Å². The Morgan fingerprint density at radius 3 is 2.63 bits per heavy atom. The number of pyridine rings is 1. The zero-order chi connectivity index (χ0) is 20.7. The average molecular weight is 405 g/mol. The van der Waals surface area contributed by atoms with E-state index in [4.69, 9.17) is 0 Å². The maximum atomic E-state index is 14.4. The van der Waals surface area contributed by atoms with Gasteiger partial charge in [-0.1, -0.05) is 0 Å². The highest BCUT2D eigenvalue weighted by molar-refractivity contribution is 5.85. The molecule has 5 rings (SSSR count). The van der Waals surface area contributed by atoms with Crippen LogP contribution in [0.25, 0.3) is 33.4 Å². The number of hydrogen-bond donors (Lipinski definition) is 2. The molecule has 0 atom stereocenters. The van der Waals surface area contributed by atoms with Crippen molar-refractivity contribution in [1.29, 1.82) is 0 Å². The van der Waals surface area contributed by atoms with Gasteiger partial charge in [0.1, 0.15) is 22.7 Å². The van der Waals surface area contributed by atoms with E-state index in [1.54, 1.807) is 36.3 Å². The molecule has 0 radical (unpaired) electrons. The fourth-order valence-electron chi connectivity index (χ4n) is 3.70. The second kappa shape index (κ2) is 7.34. The van der Waals surface area contributed by atoms with Crippen molar-refractivity contribution in [2.75, 3.05) is 31.1 Å². The zero-order valence-electron chi connectivity index (χ0n) is 16.4. The van der Waals surface area contributed by atoms with Crippen molar-refractivity contribution >= 4 is 16.7 Å². The van der Waals surface area contributed by atoms with E-state index in [0.29, 0.717) is 33.4 Å². The summed E-state index contributed by atoms with van der Waals surface area (Å²) in [6, 6.07) is 8.46. The predicted molar refractivity (Wildman–Crippen MR) is 112 cm³/mol. The van der Waals surface area contributed by atoms with Gasteiger partial charge in [-0.3, -0.25) is 4.68 Å². The van der Waals surface area contributed by atoms with Gasteiger partial charge in [-0.15, -0.1) is 10.2 Å². The number of aromatic hydroxyl groups is 1. The summed E-state index contributed by atoms with van der Waals surface area (Å²) in [7, 11) is 1.75. The van der Waals surface area contributed by atoms with Gasteiger partial charge in [0.25, 0.3) is 0 Å². The maximum absolute atomic E-state index is 14.4. The Labute approximate surface area is 172 Å². The molecule has 0 unspecified atom stereocenters. The SMILES string of the molecule is Cn1cc2cc(-c3cnc(-c4ccc(N5CCNCC5)nn4)c(O)c3)cc(F)c2n1. The number of nitrogens with one attached hydrogen (secondary N) is 1. The molecule has 2 N–H and O–H groups in total. The summed E-state index contributed by atoms with van der Waals surface area (Å²) >= 11 is 0. The minimum absolute atomic E-state index is 0.0385. The zero-order valence-corrected chi connectivity index (χ0v) is 16.4. The van der Waals surface area contributed by atoms with E-state index in [1.807, 2.05) is 12.1 Å². The summed E-state index contributed by atoms with van der Waals surface area (Å²) < 4.78 is 16.0. The minimum Gasteiger partial charge on any atom is -0.506 e. The Morgan fingerprint density at radius 2 is 1.90 bits per heavy atom. The Hall–Kier alpha value is -3.59. The Kier molecular flexibility index (Phi) is 4.51. The van der Waals surface area contributed by atoms with Gasteiger partial charge in [0.2, 0.25) is 0 Å². The van der Waals surface area contributed by atoms with Crippen LogP contribution in [0.3, 0.4) is 0 Å². The van der Waals surface area contributed by atoms with Crippen molar-refractivity contribution in [3.05, 3.63) is 48.5 Å². The van der Waals surface area contributed by atoms with Crippen molar-refractivity contribution < 1.29 is 9.50 Å². The van der Waals surface area contributed by atoms with Crippen molar-refractivity contribution in [1.82, 2.24) is 30.3 Å². The van der Waals surface area contributed by atoms with Crippen LogP contribution in [0.5, 0.6) is 5.75 Å². The number of aromatic nitrogens is 5. The Morgan fingerprint density at radius 1 is 1.07 bits per heavy atom. The fraction of sp³-hybridized carbons (Fsp3) is 0.238. The molecule has 4 aromatic rings. The number of halogens is 1. The van der Waals surface area contributed by atoms with Crippen LogP contribution in [0.15, 0.2) is 42.7 Å². The normalized spacial score (nSPS) is 14.4. The number of piperazine rings is 1. The van der Waals surface area contributed by atoms with Gasteiger partial charge in [0.05, 0.1) is 0 Å². The predicted octanol–water partition coefficient (Wildman–Crippen LogP) is 2.35. The van der Waals surface area contributed by atoms with Crippen LogP contribution in [0, 0.1) is 5.82 Å². The molecule has 8 nitrogen and oxygen atoms in total. The van der Waals surface area contributed by atoms with Gasteiger partial charge in [-0.05, 0) is 35.9 Å². The number of aryl methyl sites for hydroxylation is 1. The molecular formula is C21H20FN7O. The number of rotatable bonds is 3. The molecule has 1 aliphatic heterocycles. The molecule has 1 saturated heterocycles. The van der Waals surface area contributed by atoms with Crippen LogP contribution in [-0.2, 0) is 7.05 Å². The van der Waals surface area contributed by atoms with Crippen LogP contribution in [0.4, 0.5) is 10.2 Å². The average Bonchev–Trinajstić information content (AvgIpc) is 3.15. The summed E-state index contributed by atoms with van der Waals surface area (Å²) in [4.78, 5) is 6.52. The van der Waals surface area contributed by atoms with Gasteiger partial charge in [-0.2, -0.15) is 5.10 Å². The lowest BCUT2D eigenvalue weighted by molar-refractivity contribution is 0.475. The van der Waals surface area contributed by atoms with Gasteiger partial charge < -0.3 is 15.3 Å². The highest BCUT2D eigenvalue weighted by atomic mass is 19.1. The highest BCUT2D eigenvalue weighted by Gasteiger charge is 2.15. The molecule has 0 aliphatic carbocycles. The molecule has 3 aromatic heterocycles. The van der Waals surface area contributed by atoms with Crippen molar-refractivity contribution in [2.45, 2.75) is 0 Å². The van der Waals surface area contributed by atoms with Crippen LogP contribution in [-0.4, -0.2) is 56.2 Å². The third-order valence-corrected chi connectivity index (χ3v) is 5.21. The first-order valence-corrected chi connectivity index (χ1v) is 9.70. The first-order valence-electron chi connectivity index (χ1n) is 9.70. The van der Waals surface area contributed by atoms with E-state index < -0.39 is 5.82 Å². The summed E-state index contributed by atoms with van der Waals surface area (Å²) in [5, 5.41) is 27.2. The van der Waals surface area contributed by atoms with E-state index in [1.165, 1.54) is 6.07 Å². The van der Waals surface area contributed by atoms with E-state index in [9.17, 15) is 9.50 Å². The van der Waals surface area contributed by atoms with Crippen molar-refractivity contribution in [2.24, 2.45) is 7.05 Å². The number of anilines is 1.